The van der Waals surface area contributed by atoms with Gasteiger partial charge in [0.1, 0.15) is 34.5 Å². The number of piperidine rings is 1. The van der Waals surface area contributed by atoms with Crippen LogP contribution in [0.15, 0.2) is 48.7 Å². The van der Waals surface area contributed by atoms with Crippen LogP contribution in [0.1, 0.15) is 35.7 Å². The first-order valence-electron chi connectivity index (χ1n) is 12.3. The number of hydrogen-bond donors (Lipinski definition) is 0. The standard InChI is InChI=1S/C27H27N9O2/c1-18-24(21-10-25(38-3)26-22(12-29)14-31-35(26)17-21)15-32-36(18)23-6-8-34(9-7-23)27(37)20(11-28)5-4-19-13-30-33(2)16-19/h5,10,13-17,23H,4,6-9H2,1-3H3/b20-5+. The molecule has 1 saturated heterocycles. The summed E-state index contributed by atoms with van der Waals surface area (Å²) >= 11 is 0. The lowest BCUT2D eigenvalue weighted by Crippen LogP contribution is -2.40. The van der Waals surface area contributed by atoms with E-state index in [0.717, 1.165) is 35.2 Å². The first kappa shape index (κ1) is 24.8. The Balaban J connectivity index is 1.30. The minimum atomic E-state index is -0.232. The predicted octanol–water partition coefficient (Wildman–Crippen LogP) is 2.98. The molecule has 0 N–H and O–H groups in total. The average Bonchev–Trinajstić information content (AvgIpc) is 3.66. The summed E-state index contributed by atoms with van der Waals surface area (Å²) in [6, 6.07) is 6.25. The molecular formula is C27H27N9O2. The quantitative estimate of drug-likeness (QED) is 0.288. The summed E-state index contributed by atoms with van der Waals surface area (Å²) in [5.41, 5.74) is 5.02. The maximum Gasteiger partial charge on any atom is 0.264 e. The van der Waals surface area contributed by atoms with Gasteiger partial charge in [-0.3, -0.25) is 14.2 Å². The Kier molecular flexibility index (Phi) is 6.67. The number of aryl methyl sites for hydroxylation is 1. The van der Waals surface area contributed by atoms with Gasteiger partial charge in [0.25, 0.3) is 5.91 Å². The number of aromatic nitrogens is 6. The lowest BCUT2D eigenvalue weighted by atomic mass is 10.0. The molecule has 4 aromatic rings. The molecule has 192 valence electrons. The Morgan fingerprint density at radius 1 is 1.16 bits per heavy atom. The highest BCUT2D eigenvalue weighted by atomic mass is 16.5. The van der Waals surface area contributed by atoms with Crippen molar-refractivity contribution in [3.8, 4) is 29.0 Å². The predicted molar refractivity (Wildman–Crippen MR) is 138 cm³/mol. The Bertz CT molecular complexity index is 1620. The Hall–Kier alpha value is -4.90. The molecule has 1 amide bonds. The fourth-order valence-corrected chi connectivity index (χ4v) is 5.01. The first-order chi connectivity index (χ1) is 18.4. The third kappa shape index (κ3) is 4.50. The summed E-state index contributed by atoms with van der Waals surface area (Å²) in [6.07, 6.45) is 12.5. The topological polar surface area (TPSA) is 130 Å². The van der Waals surface area contributed by atoms with Crippen molar-refractivity contribution in [2.45, 2.75) is 32.2 Å². The molecule has 1 aliphatic rings. The first-order valence-corrected chi connectivity index (χ1v) is 12.3. The zero-order chi connectivity index (χ0) is 26.8. The van der Waals surface area contributed by atoms with Crippen molar-refractivity contribution < 1.29 is 9.53 Å². The molecule has 1 aliphatic heterocycles. The molecule has 38 heavy (non-hydrogen) atoms. The molecule has 0 atom stereocenters. The van der Waals surface area contributed by atoms with Crippen LogP contribution in [0.4, 0.5) is 0 Å². The third-order valence-electron chi connectivity index (χ3n) is 7.02. The minimum absolute atomic E-state index is 0.137. The van der Waals surface area contributed by atoms with Gasteiger partial charge >= 0.3 is 0 Å². The van der Waals surface area contributed by atoms with E-state index in [4.69, 9.17) is 4.74 Å². The van der Waals surface area contributed by atoms with E-state index >= 15 is 0 Å². The third-order valence-corrected chi connectivity index (χ3v) is 7.02. The number of fused-ring (bicyclic) bond motifs is 1. The number of nitriles is 2. The minimum Gasteiger partial charge on any atom is -0.494 e. The fourth-order valence-electron chi connectivity index (χ4n) is 5.01. The number of hydrogen-bond acceptors (Lipinski definition) is 7. The lowest BCUT2D eigenvalue weighted by Gasteiger charge is -2.32. The zero-order valence-corrected chi connectivity index (χ0v) is 21.5. The van der Waals surface area contributed by atoms with E-state index in [1.165, 1.54) is 6.20 Å². The van der Waals surface area contributed by atoms with Gasteiger partial charge in [-0.2, -0.15) is 25.8 Å². The molecular weight excluding hydrogens is 482 g/mol. The lowest BCUT2D eigenvalue weighted by molar-refractivity contribution is -0.128. The number of nitrogens with zero attached hydrogens (tertiary/aromatic N) is 9. The molecule has 0 bridgehead atoms. The fraction of sp³-hybridized carbons (Fsp3) is 0.333. The van der Waals surface area contributed by atoms with Gasteiger partial charge in [-0.25, -0.2) is 4.52 Å². The van der Waals surface area contributed by atoms with Gasteiger partial charge in [0.2, 0.25) is 0 Å². The monoisotopic (exact) mass is 509 g/mol. The van der Waals surface area contributed by atoms with Crippen molar-refractivity contribution in [3.05, 3.63) is 65.5 Å². The Morgan fingerprint density at radius 2 is 1.95 bits per heavy atom. The van der Waals surface area contributed by atoms with Crippen LogP contribution in [0, 0.1) is 29.6 Å². The summed E-state index contributed by atoms with van der Waals surface area (Å²) in [5, 5.41) is 32.1. The highest BCUT2D eigenvalue weighted by Crippen LogP contribution is 2.33. The Labute approximate surface area is 219 Å². The average molecular weight is 510 g/mol. The van der Waals surface area contributed by atoms with Gasteiger partial charge in [-0.05, 0) is 37.8 Å². The van der Waals surface area contributed by atoms with Crippen LogP contribution in [0.3, 0.4) is 0 Å². The number of pyridine rings is 1. The van der Waals surface area contributed by atoms with Crippen molar-refractivity contribution in [2.75, 3.05) is 20.2 Å². The summed E-state index contributed by atoms with van der Waals surface area (Å²) in [5.74, 6) is 0.337. The van der Waals surface area contributed by atoms with Gasteiger partial charge < -0.3 is 9.64 Å². The maximum absolute atomic E-state index is 13.0. The second kappa shape index (κ2) is 10.2. The van der Waals surface area contributed by atoms with Crippen molar-refractivity contribution >= 4 is 11.4 Å². The highest BCUT2D eigenvalue weighted by molar-refractivity contribution is 5.97. The van der Waals surface area contributed by atoms with Crippen LogP contribution in [0.5, 0.6) is 5.75 Å². The zero-order valence-electron chi connectivity index (χ0n) is 21.5. The van der Waals surface area contributed by atoms with E-state index in [1.54, 1.807) is 33.5 Å². The second-order valence-corrected chi connectivity index (χ2v) is 9.33. The molecule has 5 heterocycles. The van der Waals surface area contributed by atoms with Gasteiger partial charge in [-0.15, -0.1) is 0 Å². The molecule has 0 aliphatic carbocycles. The smallest absolute Gasteiger partial charge is 0.264 e. The Morgan fingerprint density at radius 3 is 2.61 bits per heavy atom. The van der Waals surface area contributed by atoms with Crippen LogP contribution in [-0.4, -0.2) is 60.2 Å². The van der Waals surface area contributed by atoms with Gasteiger partial charge in [0, 0.05) is 49.4 Å². The van der Waals surface area contributed by atoms with E-state index in [-0.39, 0.29) is 17.5 Å². The molecule has 0 unspecified atom stereocenters. The maximum atomic E-state index is 13.0. The summed E-state index contributed by atoms with van der Waals surface area (Å²) in [4.78, 5) is 14.7. The molecule has 1 fully saturated rings. The van der Waals surface area contributed by atoms with Gasteiger partial charge in [0.05, 0.1) is 31.7 Å². The van der Waals surface area contributed by atoms with Crippen molar-refractivity contribution in [1.29, 1.82) is 10.5 Å². The second-order valence-electron chi connectivity index (χ2n) is 9.33. The molecule has 0 radical (unpaired) electrons. The van der Waals surface area contributed by atoms with Crippen molar-refractivity contribution in [3.63, 3.8) is 0 Å². The molecule has 11 nitrogen and oxygen atoms in total. The number of amides is 1. The van der Waals surface area contributed by atoms with Crippen LogP contribution in [0.25, 0.3) is 16.6 Å². The van der Waals surface area contributed by atoms with Crippen molar-refractivity contribution in [2.24, 2.45) is 7.05 Å². The largest absolute Gasteiger partial charge is 0.494 e. The van der Waals surface area contributed by atoms with Gasteiger partial charge in [-0.1, -0.05) is 6.08 Å². The molecule has 0 saturated carbocycles. The van der Waals surface area contributed by atoms with Crippen LogP contribution >= 0.6 is 0 Å². The van der Waals surface area contributed by atoms with E-state index < -0.39 is 0 Å². The van der Waals surface area contributed by atoms with E-state index in [9.17, 15) is 15.3 Å². The number of allylic oxidation sites excluding steroid dienone is 1. The normalized spacial score (nSPS) is 14.4. The molecule has 11 heteroatoms. The van der Waals surface area contributed by atoms with E-state index in [2.05, 4.69) is 27.4 Å². The van der Waals surface area contributed by atoms with Gasteiger partial charge in [0.15, 0.2) is 0 Å². The SMILES string of the molecule is COc1cc(-c2cnn(C3CCN(C(=O)/C(C#N)=C/Cc4cnn(C)c4)CC3)c2C)cn2ncc(C#N)c12. The number of carbonyl (C=O) groups excluding carboxylic acids is 1. The number of rotatable bonds is 6. The highest BCUT2D eigenvalue weighted by Gasteiger charge is 2.27. The number of likely N-dealkylation sites (tertiary alicyclic amines) is 1. The molecule has 5 rings (SSSR count). The number of carbonyl (C=O) groups is 1. The number of ether oxygens (including phenoxy) is 1. The van der Waals surface area contributed by atoms with E-state index in [1.807, 2.05) is 43.3 Å². The summed E-state index contributed by atoms with van der Waals surface area (Å²) in [6.45, 7) is 3.12. The molecule has 0 spiro atoms. The van der Waals surface area contributed by atoms with Crippen LogP contribution in [-0.2, 0) is 18.3 Å². The molecule has 4 aromatic heterocycles. The summed E-state index contributed by atoms with van der Waals surface area (Å²) < 4.78 is 10.9. The van der Waals surface area contributed by atoms with Crippen molar-refractivity contribution in [1.82, 2.24) is 34.1 Å². The number of methoxy groups -OCH3 is 1. The van der Waals surface area contributed by atoms with Crippen LogP contribution in [0.2, 0.25) is 0 Å². The molecule has 0 aromatic carbocycles. The van der Waals surface area contributed by atoms with E-state index in [0.29, 0.717) is 36.3 Å². The summed E-state index contributed by atoms with van der Waals surface area (Å²) in [7, 11) is 3.41. The van der Waals surface area contributed by atoms with Crippen LogP contribution < -0.4 is 4.74 Å².